The standard InChI is InChI=1S/C15H26N2O3/c1-15(2,3)20-14(19)9-7-5-4-6-8-12-17-13(18)10-11-16/h4-10,12H2,1-3H3,(H,17,18). The van der Waals surface area contributed by atoms with Gasteiger partial charge in [-0.2, -0.15) is 5.26 Å². The Hall–Kier alpha value is -1.57. The van der Waals surface area contributed by atoms with Gasteiger partial charge in [0.05, 0.1) is 6.07 Å². The van der Waals surface area contributed by atoms with Gasteiger partial charge >= 0.3 is 5.97 Å². The van der Waals surface area contributed by atoms with Crippen molar-refractivity contribution in [2.24, 2.45) is 0 Å². The van der Waals surface area contributed by atoms with Crippen LogP contribution in [0.25, 0.3) is 0 Å². The number of hydrogen-bond donors (Lipinski definition) is 1. The van der Waals surface area contributed by atoms with Crippen LogP contribution in [0.5, 0.6) is 0 Å². The molecule has 20 heavy (non-hydrogen) atoms. The molecule has 0 aromatic carbocycles. The lowest BCUT2D eigenvalue weighted by atomic mass is 10.1. The molecule has 0 bridgehead atoms. The molecule has 0 radical (unpaired) electrons. The fourth-order valence-electron chi connectivity index (χ4n) is 1.68. The maximum atomic E-state index is 11.4. The van der Waals surface area contributed by atoms with E-state index >= 15 is 0 Å². The number of nitrogens with zero attached hydrogens (tertiary/aromatic N) is 1. The van der Waals surface area contributed by atoms with Crippen LogP contribution in [0.15, 0.2) is 0 Å². The Kier molecular flexibility index (Phi) is 9.44. The largest absolute Gasteiger partial charge is 0.460 e. The molecule has 0 aliphatic carbocycles. The fraction of sp³-hybridized carbons (Fsp3) is 0.800. The Morgan fingerprint density at radius 3 is 2.30 bits per heavy atom. The molecule has 0 aromatic heterocycles. The second-order valence-electron chi connectivity index (χ2n) is 5.79. The van der Waals surface area contributed by atoms with E-state index in [4.69, 9.17) is 10.00 Å². The summed E-state index contributed by atoms with van der Waals surface area (Å²) in [6.45, 7) is 6.22. The number of nitriles is 1. The van der Waals surface area contributed by atoms with Crippen molar-refractivity contribution in [1.82, 2.24) is 5.32 Å². The number of amides is 1. The predicted octanol–water partition coefficient (Wildman–Crippen LogP) is 2.70. The Bertz CT molecular complexity index is 340. The summed E-state index contributed by atoms with van der Waals surface area (Å²) in [7, 11) is 0. The maximum absolute atomic E-state index is 11.4. The van der Waals surface area contributed by atoms with Gasteiger partial charge in [0.25, 0.3) is 0 Å². The van der Waals surface area contributed by atoms with Crippen LogP contribution in [0.1, 0.15) is 65.7 Å². The van der Waals surface area contributed by atoms with Crippen LogP contribution >= 0.6 is 0 Å². The summed E-state index contributed by atoms with van der Waals surface area (Å²) in [5, 5.41) is 11.0. The van der Waals surface area contributed by atoms with Gasteiger partial charge < -0.3 is 10.1 Å². The SMILES string of the molecule is CC(C)(C)OC(=O)CCCCCCCNC(=O)CC#N. The van der Waals surface area contributed by atoms with Gasteiger partial charge in [-0.05, 0) is 33.6 Å². The molecule has 0 aliphatic heterocycles. The van der Waals surface area contributed by atoms with E-state index < -0.39 is 5.60 Å². The summed E-state index contributed by atoms with van der Waals surface area (Å²) in [5.41, 5.74) is -0.404. The summed E-state index contributed by atoms with van der Waals surface area (Å²) in [4.78, 5) is 22.4. The monoisotopic (exact) mass is 282 g/mol. The van der Waals surface area contributed by atoms with Crippen molar-refractivity contribution < 1.29 is 14.3 Å². The number of hydrogen-bond acceptors (Lipinski definition) is 4. The van der Waals surface area contributed by atoms with Crippen molar-refractivity contribution >= 4 is 11.9 Å². The molecule has 0 fully saturated rings. The Labute approximate surface area is 121 Å². The van der Waals surface area contributed by atoms with Gasteiger partial charge in [-0.15, -0.1) is 0 Å². The maximum Gasteiger partial charge on any atom is 0.306 e. The van der Waals surface area contributed by atoms with Crippen molar-refractivity contribution in [2.45, 2.75) is 71.3 Å². The van der Waals surface area contributed by atoms with Gasteiger partial charge in [0.1, 0.15) is 12.0 Å². The van der Waals surface area contributed by atoms with E-state index in [0.717, 1.165) is 32.1 Å². The highest BCUT2D eigenvalue weighted by Gasteiger charge is 2.15. The Morgan fingerprint density at radius 2 is 1.70 bits per heavy atom. The summed E-state index contributed by atoms with van der Waals surface area (Å²) < 4.78 is 5.22. The third-order valence-electron chi connectivity index (χ3n) is 2.54. The second kappa shape index (κ2) is 10.2. The summed E-state index contributed by atoms with van der Waals surface area (Å²) in [6.07, 6.45) is 5.19. The van der Waals surface area contributed by atoms with Gasteiger partial charge in [-0.1, -0.05) is 19.3 Å². The first-order chi connectivity index (χ1) is 9.35. The van der Waals surface area contributed by atoms with Gasteiger partial charge in [-0.3, -0.25) is 9.59 Å². The fourth-order valence-corrected chi connectivity index (χ4v) is 1.68. The number of unbranched alkanes of at least 4 members (excludes halogenated alkanes) is 4. The number of carbonyl (C=O) groups excluding carboxylic acids is 2. The van der Waals surface area contributed by atoms with Crippen LogP contribution in [0, 0.1) is 11.3 Å². The minimum Gasteiger partial charge on any atom is -0.460 e. The molecule has 0 aromatic rings. The van der Waals surface area contributed by atoms with E-state index in [2.05, 4.69) is 5.32 Å². The lowest BCUT2D eigenvalue weighted by Gasteiger charge is -2.19. The first kappa shape index (κ1) is 18.4. The zero-order valence-corrected chi connectivity index (χ0v) is 12.8. The number of esters is 1. The smallest absolute Gasteiger partial charge is 0.306 e. The van der Waals surface area contributed by atoms with E-state index in [9.17, 15) is 9.59 Å². The van der Waals surface area contributed by atoms with E-state index in [1.807, 2.05) is 26.8 Å². The van der Waals surface area contributed by atoms with Crippen LogP contribution in [-0.2, 0) is 14.3 Å². The first-order valence-electron chi connectivity index (χ1n) is 7.20. The third kappa shape index (κ3) is 12.9. The molecule has 0 heterocycles. The molecule has 1 N–H and O–H groups in total. The molecule has 114 valence electrons. The predicted molar refractivity (Wildman–Crippen MR) is 76.8 cm³/mol. The quantitative estimate of drug-likeness (QED) is 0.521. The molecular weight excluding hydrogens is 256 g/mol. The minimum absolute atomic E-state index is 0.0735. The zero-order valence-electron chi connectivity index (χ0n) is 12.8. The molecule has 5 nitrogen and oxygen atoms in total. The molecule has 5 heteroatoms. The van der Waals surface area contributed by atoms with Crippen LogP contribution in [0.2, 0.25) is 0 Å². The lowest BCUT2D eigenvalue weighted by molar-refractivity contribution is -0.154. The number of nitrogens with one attached hydrogen (secondary N) is 1. The van der Waals surface area contributed by atoms with Gasteiger partial charge in [0.2, 0.25) is 5.91 Å². The van der Waals surface area contributed by atoms with Gasteiger partial charge in [-0.25, -0.2) is 0 Å². The molecule has 0 atom stereocenters. The first-order valence-corrected chi connectivity index (χ1v) is 7.20. The normalized spacial score (nSPS) is 10.7. The van der Waals surface area contributed by atoms with E-state index in [1.165, 1.54) is 0 Å². The minimum atomic E-state index is -0.404. The van der Waals surface area contributed by atoms with Crippen molar-refractivity contribution in [1.29, 1.82) is 5.26 Å². The highest BCUT2D eigenvalue weighted by atomic mass is 16.6. The van der Waals surface area contributed by atoms with E-state index in [1.54, 1.807) is 0 Å². The molecule has 0 spiro atoms. The number of carbonyl (C=O) groups is 2. The van der Waals surface area contributed by atoms with Crippen LogP contribution < -0.4 is 5.32 Å². The molecule has 1 amide bonds. The zero-order chi connectivity index (χ0) is 15.4. The molecular formula is C15H26N2O3. The van der Waals surface area contributed by atoms with E-state index in [-0.39, 0.29) is 18.3 Å². The summed E-state index contributed by atoms with van der Waals surface area (Å²) in [5.74, 6) is -0.348. The molecule has 0 unspecified atom stereocenters. The highest BCUT2D eigenvalue weighted by Crippen LogP contribution is 2.11. The molecule has 0 saturated heterocycles. The van der Waals surface area contributed by atoms with Crippen molar-refractivity contribution in [3.05, 3.63) is 0 Å². The van der Waals surface area contributed by atoms with Gasteiger partial charge in [0.15, 0.2) is 0 Å². The number of ether oxygens (including phenoxy) is 1. The summed E-state index contributed by atoms with van der Waals surface area (Å²) >= 11 is 0. The third-order valence-corrected chi connectivity index (χ3v) is 2.54. The van der Waals surface area contributed by atoms with Gasteiger partial charge in [0, 0.05) is 13.0 Å². The van der Waals surface area contributed by atoms with Crippen molar-refractivity contribution in [3.63, 3.8) is 0 Å². The Morgan fingerprint density at radius 1 is 1.10 bits per heavy atom. The average molecular weight is 282 g/mol. The lowest BCUT2D eigenvalue weighted by Crippen LogP contribution is -2.23. The van der Waals surface area contributed by atoms with Crippen molar-refractivity contribution in [2.75, 3.05) is 6.54 Å². The number of rotatable bonds is 9. The highest BCUT2D eigenvalue weighted by molar-refractivity contribution is 5.77. The van der Waals surface area contributed by atoms with Crippen LogP contribution in [0.4, 0.5) is 0 Å². The van der Waals surface area contributed by atoms with Crippen LogP contribution in [-0.4, -0.2) is 24.0 Å². The molecule has 0 aliphatic rings. The van der Waals surface area contributed by atoms with E-state index in [0.29, 0.717) is 13.0 Å². The van der Waals surface area contributed by atoms with Crippen LogP contribution in [0.3, 0.4) is 0 Å². The second-order valence-corrected chi connectivity index (χ2v) is 5.79. The topological polar surface area (TPSA) is 79.2 Å². The molecule has 0 saturated carbocycles. The Balaban J connectivity index is 3.35. The van der Waals surface area contributed by atoms with Crippen molar-refractivity contribution in [3.8, 4) is 6.07 Å². The summed E-state index contributed by atoms with van der Waals surface area (Å²) in [6, 6.07) is 1.81. The molecule has 0 rings (SSSR count). The average Bonchev–Trinajstić information content (AvgIpc) is 2.30.